The van der Waals surface area contributed by atoms with Crippen molar-refractivity contribution in [3.05, 3.63) is 17.7 Å². The second-order valence-corrected chi connectivity index (χ2v) is 3.50. The summed E-state index contributed by atoms with van der Waals surface area (Å²) >= 11 is 0. The molecule has 0 radical (unpaired) electrons. The second kappa shape index (κ2) is 6.36. The Morgan fingerprint density at radius 3 is 1.94 bits per heavy atom. The third kappa shape index (κ3) is 2.64. The third-order valence-corrected chi connectivity index (χ3v) is 2.54. The smallest absolute Gasteiger partial charge is 0.203 e. The molecule has 0 fully saturated rings. The highest BCUT2D eigenvalue weighted by Crippen LogP contribution is 2.40. The monoisotopic (exact) mass is 246 g/mol. The van der Waals surface area contributed by atoms with Crippen LogP contribution < -0.4 is 14.2 Å². The van der Waals surface area contributed by atoms with E-state index in [0.717, 1.165) is 0 Å². The van der Waals surface area contributed by atoms with Gasteiger partial charge in [0.25, 0.3) is 0 Å². The van der Waals surface area contributed by atoms with Crippen molar-refractivity contribution >= 4 is 0 Å². The van der Waals surface area contributed by atoms with Crippen molar-refractivity contribution in [2.24, 2.45) is 0 Å². The average molecular weight is 246 g/mol. The average Bonchev–Trinajstić information content (AvgIpc) is 2.42. The van der Waals surface area contributed by atoms with Crippen molar-refractivity contribution in [2.45, 2.75) is 12.3 Å². The van der Waals surface area contributed by atoms with Crippen LogP contribution in [0.3, 0.4) is 0 Å². The van der Waals surface area contributed by atoms with E-state index in [2.05, 4.69) is 6.07 Å². The van der Waals surface area contributed by atoms with Gasteiger partial charge in [0.2, 0.25) is 5.75 Å². The van der Waals surface area contributed by atoms with E-state index in [4.69, 9.17) is 24.7 Å². The Balaban J connectivity index is 3.32. The lowest BCUT2D eigenvalue weighted by molar-refractivity contribution is 0.323. The first-order chi connectivity index (χ1) is 8.71. The van der Waals surface area contributed by atoms with Crippen LogP contribution in [0.5, 0.6) is 17.2 Å². The van der Waals surface area contributed by atoms with Gasteiger partial charge < -0.3 is 14.2 Å². The van der Waals surface area contributed by atoms with Crippen LogP contribution in [-0.2, 0) is 0 Å². The number of rotatable bonds is 5. The van der Waals surface area contributed by atoms with Gasteiger partial charge in [0.1, 0.15) is 0 Å². The molecule has 94 valence electrons. The first kappa shape index (κ1) is 13.7. The third-order valence-electron chi connectivity index (χ3n) is 2.54. The van der Waals surface area contributed by atoms with E-state index in [1.165, 1.54) is 21.3 Å². The van der Waals surface area contributed by atoms with Gasteiger partial charge in [0.15, 0.2) is 11.5 Å². The number of nitriles is 2. The largest absolute Gasteiger partial charge is 0.493 e. The van der Waals surface area contributed by atoms with Gasteiger partial charge in [-0.3, -0.25) is 0 Å². The maximum Gasteiger partial charge on any atom is 0.203 e. The summed E-state index contributed by atoms with van der Waals surface area (Å²) in [7, 11) is 4.52. The van der Waals surface area contributed by atoms with Crippen molar-refractivity contribution in [2.75, 3.05) is 21.3 Å². The fourth-order valence-corrected chi connectivity index (χ4v) is 1.63. The van der Waals surface area contributed by atoms with Crippen molar-refractivity contribution in [1.29, 1.82) is 10.5 Å². The fourth-order valence-electron chi connectivity index (χ4n) is 1.63. The molecule has 1 aromatic rings. The van der Waals surface area contributed by atoms with Gasteiger partial charge in [-0.15, -0.1) is 0 Å². The molecular formula is C13H14N2O3. The molecule has 0 bridgehead atoms. The Labute approximate surface area is 106 Å². The molecule has 0 saturated heterocycles. The molecule has 0 heterocycles. The standard InChI is InChI=1S/C13H14N2O3/c1-16-11-6-10(9(8-15)4-5-14)7-12(17-2)13(11)18-3/h6-7,9H,4H2,1-3H3. The van der Waals surface area contributed by atoms with E-state index in [1.807, 2.05) is 6.07 Å². The van der Waals surface area contributed by atoms with Crippen LogP contribution in [0.4, 0.5) is 0 Å². The first-order valence-electron chi connectivity index (χ1n) is 5.28. The minimum Gasteiger partial charge on any atom is -0.493 e. The van der Waals surface area contributed by atoms with Gasteiger partial charge in [-0.25, -0.2) is 0 Å². The molecule has 0 aliphatic heterocycles. The SMILES string of the molecule is COc1cc(C(C#N)CC#N)cc(OC)c1OC. The zero-order valence-corrected chi connectivity index (χ0v) is 10.6. The molecule has 1 unspecified atom stereocenters. The lowest BCUT2D eigenvalue weighted by atomic mass is 9.97. The highest BCUT2D eigenvalue weighted by atomic mass is 16.5. The molecule has 1 atom stereocenters. The lowest BCUT2D eigenvalue weighted by Gasteiger charge is -2.15. The normalized spacial score (nSPS) is 10.9. The number of ether oxygens (including phenoxy) is 3. The number of benzene rings is 1. The summed E-state index contributed by atoms with van der Waals surface area (Å²) in [5, 5.41) is 17.7. The summed E-state index contributed by atoms with van der Waals surface area (Å²) in [6.07, 6.45) is 0.120. The predicted molar refractivity (Wildman–Crippen MR) is 64.7 cm³/mol. The molecule has 0 amide bonds. The highest BCUT2D eigenvalue weighted by molar-refractivity contribution is 5.55. The van der Waals surface area contributed by atoms with E-state index >= 15 is 0 Å². The Hall–Kier alpha value is -2.40. The Kier molecular flexibility index (Phi) is 4.83. The molecule has 0 spiro atoms. The van der Waals surface area contributed by atoms with Crippen molar-refractivity contribution < 1.29 is 14.2 Å². The highest BCUT2D eigenvalue weighted by Gasteiger charge is 2.18. The summed E-state index contributed by atoms with van der Waals surface area (Å²) in [5.74, 6) is 0.913. The number of hydrogen-bond donors (Lipinski definition) is 0. The molecule has 5 heteroatoms. The zero-order valence-electron chi connectivity index (χ0n) is 10.6. The number of hydrogen-bond acceptors (Lipinski definition) is 5. The van der Waals surface area contributed by atoms with Crippen LogP contribution >= 0.6 is 0 Å². The van der Waals surface area contributed by atoms with Gasteiger partial charge in [-0.2, -0.15) is 10.5 Å². The summed E-state index contributed by atoms with van der Waals surface area (Å²) in [4.78, 5) is 0. The number of methoxy groups -OCH3 is 3. The van der Waals surface area contributed by atoms with Crippen molar-refractivity contribution in [3.8, 4) is 29.4 Å². The van der Waals surface area contributed by atoms with E-state index < -0.39 is 5.92 Å². The fraction of sp³-hybridized carbons (Fsp3) is 0.385. The molecular weight excluding hydrogens is 232 g/mol. The maximum absolute atomic E-state index is 9.05. The van der Waals surface area contributed by atoms with Gasteiger partial charge >= 0.3 is 0 Å². The zero-order chi connectivity index (χ0) is 13.5. The summed E-state index contributed by atoms with van der Waals surface area (Å²) in [5.41, 5.74) is 0.675. The second-order valence-electron chi connectivity index (χ2n) is 3.50. The number of nitrogens with zero attached hydrogens (tertiary/aromatic N) is 2. The van der Waals surface area contributed by atoms with E-state index in [0.29, 0.717) is 22.8 Å². The minimum absolute atomic E-state index is 0.120. The van der Waals surface area contributed by atoms with Gasteiger partial charge in [-0.1, -0.05) is 0 Å². The van der Waals surface area contributed by atoms with E-state index in [9.17, 15) is 0 Å². The van der Waals surface area contributed by atoms with E-state index in [1.54, 1.807) is 12.1 Å². The van der Waals surface area contributed by atoms with Crippen LogP contribution in [0.15, 0.2) is 12.1 Å². The molecule has 18 heavy (non-hydrogen) atoms. The molecule has 5 nitrogen and oxygen atoms in total. The van der Waals surface area contributed by atoms with Gasteiger partial charge in [0, 0.05) is 0 Å². The van der Waals surface area contributed by atoms with Crippen LogP contribution in [0, 0.1) is 22.7 Å². The van der Waals surface area contributed by atoms with E-state index in [-0.39, 0.29) is 6.42 Å². The lowest BCUT2D eigenvalue weighted by Crippen LogP contribution is -2.00. The molecule has 0 aliphatic carbocycles. The Morgan fingerprint density at radius 1 is 1.06 bits per heavy atom. The molecule has 0 aliphatic rings. The molecule has 0 N–H and O–H groups in total. The Morgan fingerprint density at radius 2 is 1.61 bits per heavy atom. The quantitative estimate of drug-likeness (QED) is 0.796. The van der Waals surface area contributed by atoms with Gasteiger partial charge in [0.05, 0.1) is 45.8 Å². The predicted octanol–water partition coefficient (Wildman–Crippen LogP) is 2.23. The van der Waals surface area contributed by atoms with Crippen molar-refractivity contribution in [1.82, 2.24) is 0 Å². The summed E-state index contributed by atoms with van der Waals surface area (Å²) < 4.78 is 15.6. The van der Waals surface area contributed by atoms with Crippen LogP contribution in [0.2, 0.25) is 0 Å². The van der Waals surface area contributed by atoms with Crippen LogP contribution in [0.1, 0.15) is 17.9 Å². The van der Waals surface area contributed by atoms with Gasteiger partial charge in [-0.05, 0) is 17.7 Å². The topological polar surface area (TPSA) is 75.3 Å². The molecule has 0 aromatic heterocycles. The molecule has 1 rings (SSSR count). The maximum atomic E-state index is 9.05. The Bertz CT molecular complexity index is 475. The summed E-state index contributed by atoms with van der Waals surface area (Å²) in [6, 6.07) is 7.44. The van der Waals surface area contributed by atoms with Crippen molar-refractivity contribution in [3.63, 3.8) is 0 Å². The van der Waals surface area contributed by atoms with Crippen LogP contribution in [-0.4, -0.2) is 21.3 Å². The first-order valence-corrected chi connectivity index (χ1v) is 5.28. The minimum atomic E-state index is -0.510. The van der Waals surface area contributed by atoms with Crippen LogP contribution in [0.25, 0.3) is 0 Å². The molecule has 1 aromatic carbocycles. The summed E-state index contributed by atoms with van der Waals surface area (Å²) in [6.45, 7) is 0. The molecule has 0 saturated carbocycles.